The SMILES string of the molecule is COC(=O)c1c(C2SCCC(=O)N2Cc2ccc(O)c(O)c2)c(C)n(C)c1C. The summed E-state index contributed by atoms with van der Waals surface area (Å²) in [4.78, 5) is 27.0. The van der Waals surface area contributed by atoms with Gasteiger partial charge < -0.3 is 24.4 Å². The van der Waals surface area contributed by atoms with Crippen LogP contribution in [0.25, 0.3) is 0 Å². The minimum Gasteiger partial charge on any atom is -0.504 e. The molecule has 1 aromatic heterocycles. The number of phenols is 2. The molecule has 2 aromatic rings. The van der Waals surface area contributed by atoms with Gasteiger partial charge in [0, 0.05) is 42.7 Å². The highest BCUT2D eigenvalue weighted by Crippen LogP contribution is 2.43. The molecule has 7 nitrogen and oxygen atoms in total. The number of ether oxygens (including phenoxy) is 1. The highest BCUT2D eigenvalue weighted by molar-refractivity contribution is 7.99. The molecule has 0 saturated carbocycles. The fourth-order valence-electron chi connectivity index (χ4n) is 3.53. The largest absolute Gasteiger partial charge is 0.504 e. The molecule has 150 valence electrons. The normalized spacial score (nSPS) is 17.1. The summed E-state index contributed by atoms with van der Waals surface area (Å²) in [6.45, 7) is 4.05. The summed E-state index contributed by atoms with van der Waals surface area (Å²) in [5.41, 5.74) is 3.67. The number of carbonyl (C=O) groups is 2. The Balaban J connectivity index is 2.06. The molecule has 0 spiro atoms. The van der Waals surface area contributed by atoms with E-state index in [1.165, 1.54) is 19.2 Å². The quantitative estimate of drug-likeness (QED) is 0.601. The lowest BCUT2D eigenvalue weighted by molar-refractivity contribution is -0.132. The minimum absolute atomic E-state index is 0.0203. The van der Waals surface area contributed by atoms with E-state index in [1.54, 1.807) is 22.7 Å². The summed E-state index contributed by atoms with van der Waals surface area (Å²) in [5, 5.41) is 19.0. The van der Waals surface area contributed by atoms with Gasteiger partial charge in [0.1, 0.15) is 5.37 Å². The number of benzene rings is 1. The third-order valence-electron chi connectivity index (χ3n) is 5.25. The third kappa shape index (κ3) is 3.44. The standard InChI is InChI=1S/C20H24N2O5S/c1-11-17(18(20(26)27-4)12(2)21(11)3)19-22(16(25)7-8-28-19)10-13-5-6-14(23)15(24)9-13/h5-6,9,19,23-24H,7-8,10H2,1-4H3. The van der Waals surface area contributed by atoms with E-state index in [4.69, 9.17) is 4.74 Å². The van der Waals surface area contributed by atoms with Crippen molar-refractivity contribution in [2.24, 2.45) is 7.05 Å². The molecule has 3 rings (SSSR count). The highest BCUT2D eigenvalue weighted by Gasteiger charge is 2.36. The molecule has 8 heteroatoms. The van der Waals surface area contributed by atoms with Crippen LogP contribution >= 0.6 is 11.8 Å². The molecule has 1 aromatic carbocycles. The van der Waals surface area contributed by atoms with E-state index in [-0.39, 0.29) is 29.3 Å². The van der Waals surface area contributed by atoms with E-state index in [2.05, 4.69) is 0 Å². The van der Waals surface area contributed by atoms with E-state index in [9.17, 15) is 19.8 Å². The molecule has 28 heavy (non-hydrogen) atoms. The Morgan fingerprint density at radius 1 is 1.25 bits per heavy atom. The average Bonchev–Trinajstić information content (AvgIpc) is 2.89. The second-order valence-electron chi connectivity index (χ2n) is 6.83. The van der Waals surface area contributed by atoms with Gasteiger partial charge in [0.2, 0.25) is 5.91 Å². The minimum atomic E-state index is -0.419. The molecule has 2 heterocycles. The predicted octanol–water partition coefficient (Wildman–Crippen LogP) is 3.00. The van der Waals surface area contributed by atoms with Crippen molar-refractivity contribution in [1.29, 1.82) is 0 Å². The maximum Gasteiger partial charge on any atom is 0.340 e. The number of methoxy groups -OCH3 is 1. The number of rotatable bonds is 4. The van der Waals surface area contributed by atoms with Gasteiger partial charge in [-0.1, -0.05) is 6.07 Å². The summed E-state index contributed by atoms with van der Waals surface area (Å²) in [6.07, 6.45) is 0.406. The molecule has 0 aliphatic carbocycles. The zero-order valence-electron chi connectivity index (χ0n) is 16.4. The van der Waals surface area contributed by atoms with Crippen molar-refractivity contribution in [3.63, 3.8) is 0 Å². The van der Waals surface area contributed by atoms with Gasteiger partial charge >= 0.3 is 5.97 Å². The van der Waals surface area contributed by atoms with Crippen molar-refractivity contribution in [3.05, 3.63) is 46.3 Å². The fourth-order valence-corrected chi connectivity index (χ4v) is 4.88. The number of amides is 1. The van der Waals surface area contributed by atoms with E-state index < -0.39 is 5.97 Å². The van der Waals surface area contributed by atoms with Gasteiger partial charge in [-0.2, -0.15) is 0 Å². The molecule has 0 bridgehead atoms. The fraction of sp³-hybridized carbons (Fsp3) is 0.400. The predicted molar refractivity (Wildman–Crippen MR) is 106 cm³/mol. The van der Waals surface area contributed by atoms with Crippen molar-refractivity contribution >= 4 is 23.6 Å². The monoisotopic (exact) mass is 404 g/mol. The first-order chi connectivity index (χ1) is 13.3. The summed E-state index contributed by atoms with van der Waals surface area (Å²) in [7, 11) is 3.24. The molecule has 0 radical (unpaired) electrons. The van der Waals surface area contributed by atoms with E-state index >= 15 is 0 Å². The first-order valence-corrected chi connectivity index (χ1v) is 9.97. The Morgan fingerprint density at radius 3 is 2.61 bits per heavy atom. The highest BCUT2D eigenvalue weighted by atomic mass is 32.2. The van der Waals surface area contributed by atoms with Crippen LogP contribution < -0.4 is 0 Å². The maximum atomic E-state index is 12.8. The second kappa shape index (κ2) is 7.79. The van der Waals surface area contributed by atoms with Crippen molar-refractivity contribution < 1.29 is 24.5 Å². The van der Waals surface area contributed by atoms with Gasteiger partial charge in [0.15, 0.2) is 11.5 Å². The Morgan fingerprint density at radius 2 is 1.96 bits per heavy atom. The molecule has 1 atom stereocenters. The Kier molecular flexibility index (Phi) is 5.60. The molecule has 1 amide bonds. The third-order valence-corrected chi connectivity index (χ3v) is 6.50. The Hall–Kier alpha value is -2.61. The first-order valence-electron chi connectivity index (χ1n) is 8.92. The van der Waals surface area contributed by atoms with Crippen LogP contribution in [0.5, 0.6) is 11.5 Å². The van der Waals surface area contributed by atoms with Crippen LogP contribution in [0.15, 0.2) is 18.2 Å². The summed E-state index contributed by atoms with van der Waals surface area (Å²) < 4.78 is 6.94. The number of carbonyl (C=O) groups excluding carboxylic acids is 2. The van der Waals surface area contributed by atoms with Crippen LogP contribution in [0.3, 0.4) is 0 Å². The molecule has 1 aliphatic heterocycles. The number of nitrogens with zero attached hydrogens (tertiary/aromatic N) is 2. The Labute approximate surface area is 167 Å². The smallest absolute Gasteiger partial charge is 0.340 e. The number of hydrogen-bond acceptors (Lipinski definition) is 6. The lowest BCUT2D eigenvalue weighted by atomic mass is 10.1. The number of esters is 1. The van der Waals surface area contributed by atoms with Crippen LogP contribution in [0.1, 0.15) is 44.7 Å². The van der Waals surface area contributed by atoms with Crippen molar-refractivity contribution in [2.45, 2.75) is 32.2 Å². The van der Waals surface area contributed by atoms with Crippen LogP contribution in [0, 0.1) is 13.8 Å². The van der Waals surface area contributed by atoms with Gasteiger partial charge in [-0.15, -0.1) is 11.8 Å². The lowest BCUT2D eigenvalue weighted by Crippen LogP contribution is -2.37. The van der Waals surface area contributed by atoms with Gasteiger partial charge in [0.25, 0.3) is 0 Å². The zero-order chi connectivity index (χ0) is 20.6. The summed E-state index contributed by atoms with van der Waals surface area (Å²) in [5.74, 6) is -0.213. The van der Waals surface area contributed by atoms with Crippen molar-refractivity contribution in [2.75, 3.05) is 12.9 Å². The topological polar surface area (TPSA) is 92.0 Å². The number of aromatic nitrogens is 1. The first kappa shape index (κ1) is 20.1. The average molecular weight is 404 g/mol. The van der Waals surface area contributed by atoms with Crippen molar-refractivity contribution in [1.82, 2.24) is 9.47 Å². The van der Waals surface area contributed by atoms with E-state index in [1.807, 2.05) is 25.5 Å². The zero-order valence-corrected chi connectivity index (χ0v) is 17.2. The lowest BCUT2D eigenvalue weighted by Gasteiger charge is -2.36. The molecule has 1 fully saturated rings. The van der Waals surface area contributed by atoms with Crippen LogP contribution in [0.2, 0.25) is 0 Å². The molecule has 2 N–H and O–H groups in total. The molecule has 1 unspecified atom stereocenters. The molecular weight excluding hydrogens is 380 g/mol. The number of aromatic hydroxyl groups is 2. The van der Waals surface area contributed by atoms with Crippen LogP contribution in [-0.2, 0) is 23.1 Å². The molecule has 1 aliphatic rings. The van der Waals surface area contributed by atoms with E-state index in [0.29, 0.717) is 23.3 Å². The van der Waals surface area contributed by atoms with Gasteiger partial charge in [0.05, 0.1) is 12.7 Å². The molecular formula is C20H24N2O5S. The second-order valence-corrected chi connectivity index (χ2v) is 8.02. The summed E-state index contributed by atoms with van der Waals surface area (Å²) in [6, 6.07) is 4.52. The number of thioether (sulfide) groups is 1. The van der Waals surface area contributed by atoms with Gasteiger partial charge in [-0.25, -0.2) is 4.79 Å². The van der Waals surface area contributed by atoms with E-state index in [0.717, 1.165) is 17.0 Å². The van der Waals surface area contributed by atoms with Crippen LogP contribution in [-0.4, -0.2) is 44.4 Å². The van der Waals surface area contributed by atoms with Crippen LogP contribution in [0.4, 0.5) is 0 Å². The van der Waals surface area contributed by atoms with Gasteiger partial charge in [-0.3, -0.25) is 4.79 Å². The van der Waals surface area contributed by atoms with Crippen molar-refractivity contribution in [3.8, 4) is 11.5 Å². The number of phenolic OH excluding ortho intramolecular Hbond substituents is 2. The molecule has 1 saturated heterocycles. The number of hydrogen-bond donors (Lipinski definition) is 2. The Bertz CT molecular complexity index is 937. The summed E-state index contributed by atoms with van der Waals surface area (Å²) >= 11 is 1.61. The van der Waals surface area contributed by atoms with Gasteiger partial charge in [-0.05, 0) is 31.5 Å². The maximum absolute atomic E-state index is 12.8.